The lowest BCUT2D eigenvalue weighted by Crippen LogP contribution is -2.32. The molecular weight excluding hydrogens is 262 g/mol. The molecule has 0 bridgehead atoms. The molecule has 1 heterocycles. The van der Waals surface area contributed by atoms with E-state index in [9.17, 15) is 8.78 Å². The summed E-state index contributed by atoms with van der Waals surface area (Å²) in [6.07, 6.45) is 2.11. The lowest BCUT2D eigenvalue weighted by molar-refractivity contribution is 0.533. The van der Waals surface area contributed by atoms with Crippen molar-refractivity contribution in [1.29, 1.82) is 0 Å². The van der Waals surface area contributed by atoms with Crippen molar-refractivity contribution in [2.75, 3.05) is 6.54 Å². The average molecular weight is 278 g/mol. The molecule has 6 heteroatoms. The summed E-state index contributed by atoms with van der Waals surface area (Å²) in [6.45, 7) is 2.82. The van der Waals surface area contributed by atoms with Crippen molar-refractivity contribution in [2.45, 2.75) is 19.5 Å². The normalized spacial score (nSPS) is 12.4. The monoisotopic (exact) mass is 278 g/mol. The number of nitrogens with zero attached hydrogens (tertiary/aromatic N) is 2. The van der Waals surface area contributed by atoms with Gasteiger partial charge in [0.2, 0.25) is 0 Å². The van der Waals surface area contributed by atoms with Crippen LogP contribution in [0.5, 0.6) is 0 Å². The molecule has 0 spiro atoms. The number of benzene rings is 1. The maximum absolute atomic E-state index is 14.0. The molecule has 0 aliphatic carbocycles. The molecule has 0 amide bonds. The Morgan fingerprint density at radius 3 is 2.55 bits per heavy atom. The van der Waals surface area contributed by atoms with Crippen LogP contribution in [0.15, 0.2) is 30.6 Å². The maximum Gasteiger partial charge on any atom is 0.159 e. The van der Waals surface area contributed by atoms with E-state index in [0.717, 1.165) is 12.4 Å². The number of rotatable bonds is 5. The largest absolute Gasteiger partial charge is 0.329 e. The van der Waals surface area contributed by atoms with E-state index >= 15 is 0 Å². The molecule has 3 N–H and O–H groups in total. The van der Waals surface area contributed by atoms with Crippen molar-refractivity contribution >= 4 is 0 Å². The third-order valence-electron chi connectivity index (χ3n) is 2.93. The van der Waals surface area contributed by atoms with Gasteiger partial charge in [-0.05, 0) is 13.0 Å². The van der Waals surface area contributed by atoms with Crippen molar-refractivity contribution in [1.82, 2.24) is 15.3 Å². The van der Waals surface area contributed by atoms with E-state index in [1.165, 1.54) is 6.07 Å². The van der Waals surface area contributed by atoms with Crippen LogP contribution in [0, 0.1) is 11.6 Å². The lowest BCUT2D eigenvalue weighted by Gasteiger charge is -2.12. The fourth-order valence-electron chi connectivity index (χ4n) is 1.66. The molecule has 0 fully saturated rings. The van der Waals surface area contributed by atoms with Crippen LogP contribution in [0.2, 0.25) is 0 Å². The number of hydrogen-bond acceptors (Lipinski definition) is 4. The highest BCUT2D eigenvalue weighted by Gasteiger charge is 2.08. The molecule has 0 unspecified atom stereocenters. The van der Waals surface area contributed by atoms with Gasteiger partial charge in [0.25, 0.3) is 0 Å². The van der Waals surface area contributed by atoms with Gasteiger partial charge in [-0.2, -0.15) is 0 Å². The number of halogens is 2. The molecule has 20 heavy (non-hydrogen) atoms. The summed E-state index contributed by atoms with van der Waals surface area (Å²) in [5, 5.41) is 3.11. The van der Waals surface area contributed by atoms with Gasteiger partial charge in [-0.1, -0.05) is 12.1 Å². The summed E-state index contributed by atoms with van der Waals surface area (Å²) in [5.41, 5.74) is 6.53. The molecule has 1 aromatic carbocycles. The highest BCUT2D eigenvalue weighted by molar-refractivity contribution is 5.55. The summed E-state index contributed by atoms with van der Waals surface area (Å²) in [7, 11) is 0. The zero-order chi connectivity index (χ0) is 14.5. The summed E-state index contributed by atoms with van der Waals surface area (Å²) in [5.74, 6) is -0.585. The Kier molecular flexibility index (Phi) is 4.70. The van der Waals surface area contributed by atoms with Crippen molar-refractivity contribution < 1.29 is 8.78 Å². The number of nitrogens with one attached hydrogen (secondary N) is 1. The SMILES string of the molecule is C[C@@H](CN)NCc1ccc(-c2ncc(F)cn2)cc1F. The summed E-state index contributed by atoms with van der Waals surface area (Å²) in [6, 6.07) is 4.83. The smallest absolute Gasteiger partial charge is 0.159 e. The Morgan fingerprint density at radius 1 is 1.25 bits per heavy atom. The molecule has 106 valence electrons. The molecule has 2 aromatic rings. The first-order chi connectivity index (χ1) is 9.60. The van der Waals surface area contributed by atoms with Crippen LogP contribution in [0.4, 0.5) is 8.78 Å². The highest BCUT2D eigenvalue weighted by Crippen LogP contribution is 2.18. The van der Waals surface area contributed by atoms with Crippen LogP contribution in [-0.2, 0) is 6.54 Å². The summed E-state index contributed by atoms with van der Waals surface area (Å²) < 4.78 is 26.7. The van der Waals surface area contributed by atoms with Gasteiger partial charge in [-0.3, -0.25) is 0 Å². The molecule has 4 nitrogen and oxygen atoms in total. The molecule has 0 aliphatic rings. The predicted molar refractivity (Wildman–Crippen MR) is 72.7 cm³/mol. The van der Waals surface area contributed by atoms with E-state index in [2.05, 4.69) is 15.3 Å². The first-order valence-corrected chi connectivity index (χ1v) is 6.30. The van der Waals surface area contributed by atoms with Crippen LogP contribution in [0.3, 0.4) is 0 Å². The fraction of sp³-hybridized carbons (Fsp3) is 0.286. The number of hydrogen-bond donors (Lipinski definition) is 2. The summed E-state index contributed by atoms with van der Waals surface area (Å²) >= 11 is 0. The lowest BCUT2D eigenvalue weighted by atomic mass is 10.1. The van der Waals surface area contributed by atoms with E-state index in [-0.39, 0.29) is 11.9 Å². The van der Waals surface area contributed by atoms with Gasteiger partial charge in [-0.15, -0.1) is 0 Å². The quantitative estimate of drug-likeness (QED) is 0.876. The maximum atomic E-state index is 14.0. The first-order valence-electron chi connectivity index (χ1n) is 6.30. The zero-order valence-electron chi connectivity index (χ0n) is 11.1. The molecule has 0 saturated carbocycles. The molecule has 1 atom stereocenters. The van der Waals surface area contributed by atoms with Gasteiger partial charge in [0.15, 0.2) is 11.6 Å². The van der Waals surface area contributed by atoms with Crippen LogP contribution < -0.4 is 11.1 Å². The van der Waals surface area contributed by atoms with Crippen molar-refractivity contribution in [3.63, 3.8) is 0 Å². The Bertz CT molecular complexity index is 572. The van der Waals surface area contributed by atoms with E-state index in [4.69, 9.17) is 5.73 Å². The second kappa shape index (κ2) is 6.49. The minimum Gasteiger partial charge on any atom is -0.329 e. The average Bonchev–Trinajstić information content (AvgIpc) is 2.46. The van der Waals surface area contributed by atoms with Crippen molar-refractivity contribution in [3.05, 3.63) is 47.8 Å². The Labute approximate surface area is 116 Å². The third kappa shape index (κ3) is 3.55. The first kappa shape index (κ1) is 14.5. The Morgan fingerprint density at radius 2 is 1.95 bits per heavy atom. The highest BCUT2D eigenvalue weighted by atomic mass is 19.1. The molecule has 2 rings (SSSR count). The van der Waals surface area contributed by atoms with Gasteiger partial charge in [0, 0.05) is 30.3 Å². The van der Waals surface area contributed by atoms with Crippen molar-refractivity contribution in [2.24, 2.45) is 5.73 Å². The topological polar surface area (TPSA) is 63.8 Å². The molecular formula is C14H16F2N4. The van der Waals surface area contributed by atoms with Crippen LogP contribution >= 0.6 is 0 Å². The second-order valence-corrected chi connectivity index (χ2v) is 4.55. The van der Waals surface area contributed by atoms with Gasteiger partial charge in [0.1, 0.15) is 5.82 Å². The minimum atomic E-state index is -0.522. The predicted octanol–water partition coefficient (Wildman–Crippen LogP) is 1.86. The molecule has 1 aromatic heterocycles. The second-order valence-electron chi connectivity index (χ2n) is 4.55. The van der Waals surface area contributed by atoms with Crippen LogP contribution in [-0.4, -0.2) is 22.6 Å². The van der Waals surface area contributed by atoms with E-state index in [1.807, 2.05) is 6.92 Å². The van der Waals surface area contributed by atoms with Gasteiger partial charge in [-0.25, -0.2) is 18.7 Å². The van der Waals surface area contributed by atoms with Crippen LogP contribution in [0.1, 0.15) is 12.5 Å². The molecule has 0 aliphatic heterocycles. The van der Waals surface area contributed by atoms with Crippen molar-refractivity contribution in [3.8, 4) is 11.4 Å². The molecule has 0 radical (unpaired) electrons. The standard InChI is InChI=1S/C14H16F2N4/c1-9(5-17)18-6-11-3-2-10(4-13(11)16)14-19-7-12(15)8-20-14/h2-4,7-9,18H,5-6,17H2,1H3/t9-/m0/s1. The summed E-state index contributed by atoms with van der Waals surface area (Å²) in [4.78, 5) is 7.64. The number of nitrogens with two attached hydrogens (primary N) is 1. The molecule has 0 saturated heterocycles. The van der Waals surface area contributed by atoms with Gasteiger partial charge >= 0.3 is 0 Å². The number of aromatic nitrogens is 2. The zero-order valence-corrected chi connectivity index (χ0v) is 11.1. The van der Waals surface area contributed by atoms with Gasteiger partial charge in [0.05, 0.1) is 12.4 Å². The van der Waals surface area contributed by atoms with E-state index in [0.29, 0.717) is 30.0 Å². The third-order valence-corrected chi connectivity index (χ3v) is 2.93. The van der Waals surface area contributed by atoms with E-state index < -0.39 is 5.82 Å². The van der Waals surface area contributed by atoms with E-state index in [1.54, 1.807) is 12.1 Å². The van der Waals surface area contributed by atoms with Crippen LogP contribution in [0.25, 0.3) is 11.4 Å². The minimum absolute atomic E-state index is 0.120. The Balaban J connectivity index is 2.15. The Hall–Kier alpha value is -1.92. The van der Waals surface area contributed by atoms with Gasteiger partial charge < -0.3 is 11.1 Å². The fourth-order valence-corrected chi connectivity index (χ4v) is 1.66.